The van der Waals surface area contributed by atoms with Crippen molar-refractivity contribution in [2.24, 2.45) is 5.92 Å². The average molecular weight is 549 g/mol. The van der Waals surface area contributed by atoms with E-state index in [0.717, 1.165) is 11.1 Å². The number of hydrogen-bond acceptors (Lipinski definition) is 6. The van der Waals surface area contributed by atoms with Gasteiger partial charge in [-0.15, -0.1) is 0 Å². The van der Waals surface area contributed by atoms with E-state index in [2.05, 4.69) is 11.8 Å². The Hall–Kier alpha value is -3.07. The zero-order valence-corrected chi connectivity index (χ0v) is 22.1. The minimum atomic E-state index is -0.761. The maximum Gasteiger partial charge on any atom is 0.306 e. The number of aromatic hydroxyl groups is 2. The molecule has 1 heterocycles. The molecule has 1 aromatic heterocycles. The van der Waals surface area contributed by atoms with Crippen molar-refractivity contribution in [2.45, 2.75) is 44.9 Å². The number of halogens is 2. The lowest BCUT2D eigenvalue weighted by Crippen LogP contribution is -2.47. The zero-order chi connectivity index (χ0) is 26.7. The summed E-state index contributed by atoms with van der Waals surface area (Å²) in [7, 11) is 1.56. The standard InChI is InChI=1S/C27H30Cl2N2O6/c1-16(18-4-5-21(28)22(29)14-18)31(20-12-19(13-20)27(34)35)15-17-3-6-23(24(11-17)36-2)37-10-9-30-25(32)7-8-26(30)33/h3-8,11,14,16,19-20,32-33H,9-10,12-13,15H2,1-2H3,(H,34,35)/t16-,19?,20?/m1/s1. The molecule has 0 spiro atoms. The van der Waals surface area contributed by atoms with E-state index in [4.69, 9.17) is 32.7 Å². The monoisotopic (exact) mass is 548 g/mol. The summed E-state index contributed by atoms with van der Waals surface area (Å²) in [5.74, 6) is -0.0868. The van der Waals surface area contributed by atoms with Crippen molar-refractivity contribution in [3.8, 4) is 23.3 Å². The Morgan fingerprint density at radius 2 is 1.76 bits per heavy atom. The molecule has 3 N–H and O–H groups in total. The number of hydrogen-bond donors (Lipinski definition) is 3. The maximum absolute atomic E-state index is 11.4. The number of aromatic nitrogens is 1. The van der Waals surface area contributed by atoms with Gasteiger partial charge in [0.2, 0.25) is 0 Å². The van der Waals surface area contributed by atoms with Crippen LogP contribution in [-0.2, 0) is 17.9 Å². The summed E-state index contributed by atoms with van der Waals surface area (Å²) in [6.45, 7) is 3.12. The van der Waals surface area contributed by atoms with Gasteiger partial charge in [0.05, 0.1) is 29.6 Å². The van der Waals surface area contributed by atoms with E-state index in [1.807, 2.05) is 30.3 Å². The van der Waals surface area contributed by atoms with Gasteiger partial charge in [-0.3, -0.25) is 14.3 Å². The Balaban J connectivity index is 1.50. The highest BCUT2D eigenvalue weighted by molar-refractivity contribution is 6.42. The molecule has 4 rings (SSSR count). The molecule has 10 heteroatoms. The van der Waals surface area contributed by atoms with Crippen LogP contribution in [0.2, 0.25) is 10.0 Å². The maximum atomic E-state index is 11.4. The van der Waals surface area contributed by atoms with Crippen molar-refractivity contribution < 1.29 is 29.6 Å². The lowest BCUT2D eigenvalue weighted by Gasteiger charge is -2.44. The van der Waals surface area contributed by atoms with Gasteiger partial charge < -0.3 is 24.8 Å². The number of benzene rings is 2. The summed E-state index contributed by atoms with van der Waals surface area (Å²) < 4.78 is 12.8. The van der Waals surface area contributed by atoms with Crippen molar-refractivity contribution in [2.75, 3.05) is 13.7 Å². The van der Waals surface area contributed by atoms with Crippen molar-refractivity contribution in [3.63, 3.8) is 0 Å². The van der Waals surface area contributed by atoms with E-state index in [9.17, 15) is 20.1 Å². The normalized spacial score (nSPS) is 17.9. The molecule has 1 aliphatic carbocycles. The van der Waals surface area contributed by atoms with E-state index in [1.54, 1.807) is 13.2 Å². The molecule has 0 bridgehead atoms. The molecule has 8 nitrogen and oxygen atoms in total. The number of ether oxygens (including phenoxy) is 2. The van der Waals surface area contributed by atoms with E-state index < -0.39 is 5.97 Å². The molecule has 198 valence electrons. The largest absolute Gasteiger partial charge is 0.494 e. The molecule has 1 atom stereocenters. The highest BCUT2D eigenvalue weighted by atomic mass is 35.5. The van der Waals surface area contributed by atoms with Crippen LogP contribution in [0.4, 0.5) is 0 Å². The van der Waals surface area contributed by atoms with Crippen LogP contribution in [0, 0.1) is 5.92 Å². The van der Waals surface area contributed by atoms with Gasteiger partial charge in [-0.1, -0.05) is 35.3 Å². The van der Waals surface area contributed by atoms with Gasteiger partial charge >= 0.3 is 5.97 Å². The fraction of sp³-hybridized carbons (Fsp3) is 0.370. The molecular weight excluding hydrogens is 519 g/mol. The quantitative estimate of drug-likeness (QED) is 0.281. The third-order valence-corrected chi connectivity index (χ3v) is 7.69. The summed E-state index contributed by atoms with van der Waals surface area (Å²) in [4.78, 5) is 13.7. The van der Waals surface area contributed by atoms with Crippen LogP contribution in [0.25, 0.3) is 0 Å². The Bertz CT molecular complexity index is 1240. The van der Waals surface area contributed by atoms with Gasteiger partial charge in [0.1, 0.15) is 6.61 Å². The number of methoxy groups -OCH3 is 1. The van der Waals surface area contributed by atoms with Gasteiger partial charge in [-0.25, -0.2) is 0 Å². The van der Waals surface area contributed by atoms with Crippen LogP contribution in [0.1, 0.15) is 36.9 Å². The molecule has 0 aliphatic heterocycles. The number of carboxylic acids is 1. The first-order chi connectivity index (χ1) is 17.7. The zero-order valence-electron chi connectivity index (χ0n) is 20.6. The van der Waals surface area contributed by atoms with Crippen LogP contribution >= 0.6 is 23.2 Å². The van der Waals surface area contributed by atoms with Crippen LogP contribution in [-0.4, -0.2) is 50.5 Å². The van der Waals surface area contributed by atoms with E-state index >= 15 is 0 Å². The number of aliphatic carboxylic acids is 1. The van der Waals surface area contributed by atoms with Gasteiger partial charge in [-0.2, -0.15) is 0 Å². The summed E-state index contributed by atoms with van der Waals surface area (Å²) in [6, 6.07) is 14.2. The van der Waals surface area contributed by atoms with Crippen molar-refractivity contribution in [1.82, 2.24) is 9.47 Å². The molecule has 0 unspecified atom stereocenters. The molecule has 1 saturated carbocycles. The lowest BCUT2D eigenvalue weighted by atomic mass is 9.78. The molecule has 1 fully saturated rings. The van der Waals surface area contributed by atoms with Crippen LogP contribution in [0.3, 0.4) is 0 Å². The molecule has 0 saturated heterocycles. The predicted molar refractivity (Wildman–Crippen MR) is 141 cm³/mol. The highest BCUT2D eigenvalue weighted by Gasteiger charge is 2.39. The Labute approximate surface area is 225 Å². The van der Waals surface area contributed by atoms with Crippen molar-refractivity contribution in [3.05, 3.63) is 69.7 Å². The Kier molecular flexibility index (Phi) is 8.42. The first kappa shape index (κ1) is 27.0. The molecule has 0 radical (unpaired) electrons. The second-order valence-corrected chi connectivity index (χ2v) is 10.0. The molecule has 2 aromatic carbocycles. The van der Waals surface area contributed by atoms with Crippen molar-refractivity contribution >= 4 is 29.2 Å². The van der Waals surface area contributed by atoms with Crippen LogP contribution in [0.5, 0.6) is 23.3 Å². The summed E-state index contributed by atoms with van der Waals surface area (Å²) in [6.07, 6.45) is 1.16. The highest BCUT2D eigenvalue weighted by Crippen LogP contribution is 2.39. The predicted octanol–water partition coefficient (Wildman–Crippen LogP) is 5.72. The lowest BCUT2D eigenvalue weighted by molar-refractivity contribution is -0.147. The number of rotatable bonds is 11. The van der Waals surface area contributed by atoms with Crippen LogP contribution < -0.4 is 9.47 Å². The smallest absolute Gasteiger partial charge is 0.306 e. The van der Waals surface area contributed by atoms with Gasteiger partial charge in [0.25, 0.3) is 0 Å². The average Bonchev–Trinajstić information content (AvgIpc) is 3.16. The SMILES string of the molecule is COc1cc(CN(C2CC(C(=O)O)C2)[C@H](C)c2ccc(Cl)c(Cl)c2)ccc1OCCn1c(O)ccc1O. The molecule has 3 aromatic rings. The van der Waals surface area contributed by atoms with Crippen molar-refractivity contribution in [1.29, 1.82) is 0 Å². The first-order valence-corrected chi connectivity index (χ1v) is 12.7. The minimum Gasteiger partial charge on any atom is -0.494 e. The van der Waals surface area contributed by atoms with Gasteiger partial charge in [0.15, 0.2) is 23.3 Å². The Morgan fingerprint density at radius 1 is 1.05 bits per heavy atom. The fourth-order valence-corrected chi connectivity index (χ4v) is 4.98. The van der Waals surface area contributed by atoms with E-state index in [0.29, 0.717) is 40.9 Å². The molecule has 37 heavy (non-hydrogen) atoms. The van der Waals surface area contributed by atoms with E-state index in [1.165, 1.54) is 16.7 Å². The fourth-order valence-electron chi connectivity index (χ4n) is 4.67. The third-order valence-electron chi connectivity index (χ3n) is 6.96. The van der Waals surface area contributed by atoms with Crippen LogP contribution in [0.15, 0.2) is 48.5 Å². The second kappa shape index (κ2) is 11.5. The minimum absolute atomic E-state index is 0.0293. The third kappa shape index (κ3) is 6.09. The molecule has 0 amide bonds. The van der Waals surface area contributed by atoms with Gasteiger partial charge in [0, 0.05) is 30.8 Å². The van der Waals surface area contributed by atoms with E-state index in [-0.39, 0.29) is 42.9 Å². The van der Waals surface area contributed by atoms with Gasteiger partial charge in [-0.05, 0) is 55.2 Å². The molecular formula is C27H30Cl2N2O6. The second-order valence-electron chi connectivity index (χ2n) is 9.22. The summed E-state index contributed by atoms with van der Waals surface area (Å²) in [5, 5.41) is 29.9. The molecule has 1 aliphatic rings. The Morgan fingerprint density at radius 3 is 2.38 bits per heavy atom. The first-order valence-electron chi connectivity index (χ1n) is 12.0. The number of carboxylic acid groups (broad SMARTS) is 1. The summed E-state index contributed by atoms with van der Waals surface area (Å²) in [5.41, 5.74) is 1.98. The topological polar surface area (TPSA) is 104 Å². The number of nitrogens with zero attached hydrogens (tertiary/aromatic N) is 2. The number of carbonyl (C=O) groups is 1. The summed E-state index contributed by atoms with van der Waals surface area (Å²) >= 11 is 12.4.